The number of nitrogens with one attached hydrogen (secondary N) is 1. The molecule has 0 saturated carbocycles. The number of hydrogen-bond donors (Lipinski definition) is 2. The molecule has 1 amide bonds. The first-order valence-corrected chi connectivity index (χ1v) is 7.53. The van der Waals surface area contributed by atoms with Crippen molar-refractivity contribution in [2.75, 3.05) is 0 Å². The van der Waals surface area contributed by atoms with Gasteiger partial charge in [-0.3, -0.25) is 9.48 Å². The number of aryl methyl sites for hydroxylation is 1. The molecular weight excluding hydrogens is 274 g/mol. The molecule has 20 heavy (non-hydrogen) atoms. The monoisotopic (exact) mass is 291 g/mol. The Morgan fingerprint density at radius 1 is 1.65 bits per heavy atom. The van der Waals surface area contributed by atoms with Gasteiger partial charge in [-0.05, 0) is 19.3 Å². The smallest absolute Gasteiger partial charge is 0.271 e. The summed E-state index contributed by atoms with van der Waals surface area (Å²) in [7, 11) is 1.94. The van der Waals surface area contributed by atoms with Crippen LogP contribution in [0, 0.1) is 0 Å². The van der Waals surface area contributed by atoms with E-state index in [0.29, 0.717) is 12.2 Å². The molecule has 1 aliphatic rings. The van der Waals surface area contributed by atoms with Crippen molar-refractivity contribution in [2.45, 2.75) is 31.8 Å². The first-order chi connectivity index (χ1) is 9.69. The van der Waals surface area contributed by atoms with E-state index in [1.54, 1.807) is 5.38 Å². The van der Waals surface area contributed by atoms with Crippen molar-refractivity contribution in [3.63, 3.8) is 0 Å². The van der Waals surface area contributed by atoms with Crippen molar-refractivity contribution < 1.29 is 4.79 Å². The van der Waals surface area contributed by atoms with Gasteiger partial charge >= 0.3 is 0 Å². The molecule has 6 nitrogen and oxygen atoms in total. The Kier molecular flexibility index (Phi) is 3.54. The highest BCUT2D eigenvalue weighted by molar-refractivity contribution is 7.09. The van der Waals surface area contributed by atoms with Gasteiger partial charge in [0, 0.05) is 30.2 Å². The van der Waals surface area contributed by atoms with Gasteiger partial charge in [-0.1, -0.05) is 0 Å². The molecule has 2 aromatic rings. The standard InChI is InChI=1S/C13H17N5OS/c1-18-11-4-2-3-9(8(11)6-15-18)17-13(19)10-7-20-12(5-14)16-10/h6-7,9H,2-5,14H2,1H3,(H,17,19). The molecule has 0 aliphatic heterocycles. The second-order valence-electron chi connectivity index (χ2n) is 4.92. The van der Waals surface area contributed by atoms with Crippen LogP contribution in [0.1, 0.15) is 45.6 Å². The summed E-state index contributed by atoms with van der Waals surface area (Å²) in [5.74, 6) is -0.136. The van der Waals surface area contributed by atoms with Gasteiger partial charge in [0.15, 0.2) is 0 Å². The van der Waals surface area contributed by atoms with Gasteiger partial charge in [-0.25, -0.2) is 4.98 Å². The molecule has 3 rings (SSSR count). The van der Waals surface area contributed by atoms with Crippen LogP contribution >= 0.6 is 11.3 Å². The number of fused-ring (bicyclic) bond motifs is 1. The minimum Gasteiger partial charge on any atom is -0.344 e. The van der Waals surface area contributed by atoms with Crippen molar-refractivity contribution in [2.24, 2.45) is 12.8 Å². The van der Waals surface area contributed by atoms with Crippen molar-refractivity contribution >= 4 is 17.2 Å². The van der Waals surface area contributed by atoms with Crippen LogP contribution in [0.25, 0.3) is 0 Å². The van der Waals surface area contributed by atoms with Crippen LogP contribution in [0.5, 0.6) is 0 Å². The van der Waals surface area contributed by atoms with E-state index in [2.05, 4.69) is 15.4 Å². The lowest BCUT2D eigenvalue weighted by atomic mass is 9.93. The summed E-state index contributed by atoms with van der Waals surface area (Å²) in [6.45, 7) is 0.369. The zero-order valence-corrected chi connectivity index (χ0v) is 12.1. The van der Waals surface area contributed by atoms with Crippen molar-refractivity contribution in [1.29, 1.82) is 0 Å². The van der Waals surface area contributed by atoms with E-state index in [9.17, 15) is 4.79 Å². The second kappa shape index (κ2) is 5.34. The topological polar surface area (TPSA) is 85.8 Å². The molecule has 7 heteroatoms. The quantitative estimate of drug-likeness (QED) is 0.888. The number of nitrogens with zero attached hydrogens (tertiary/aromatic N) is 3. The van der Waals surface area contributed by atoms with E-state index < -0.39 is 0 Å². The maximum Gasteiger partial charge on any atom is 0.271 e. The third kappa shape index (κ3) is 2.34. The molecule has 0 saturated heterocycles. The summed E-state index contributed by atoms with van der Waals surface area (Å²) in [5, 5.41) is 9.87. The third-order valence-corrected chi connectivity index (χ3v) is 4.51. The van der Waals surface area contributed by atoms with Gasteiger partial charge in [0.1, 0.15) is 10.7 Å². The molecule has 1 unspecified atom stereocenters. The van der Waals surface area contributed by atoms with Gasteiger partial charge < -0.3 is 11.1 Å². The lowest BCUT2D eigenvalue weighted by Crippen LogP contribution is -2.31. The van der Waals surface area contributed by atoms with Crippen LogP contribution in [0.15, 0.2) is 11.6 Å². The molecule has 0 radical (unpaired) electrons. The molecule has 2 aromatic heterocycles. The number of carbonyl (C=O) groups is 1. The summed E-state index contributed by atoms with van der Waals surface area (Å²) in [4.78, 5) is 16.4. The van der Waals surface area contributed by atoms with Crippen LogP contribution < -0.4 is 11.1 Å². The summed E-state index contributed by atoms with van der Waals surface area (Å²) in [6.07, 6.45) is 4.87. The number of nitrogens with two attached hydrogens (primary N) is 1. The highest BCUT2D eigenvalue weighted by atomic mass is 32.1. The normalized spacial score (nSPS) is 17.8. The van der Waals surface area contributed by atoms with Gasteiger partial charge in [0.25, 0.3) is 5.91 Å². The Labute approximate surface area is 121 Å². The van der Waals surface area contributed by atoms with Crippen molar-refractivity contribution in [3.8, 4) is 0 Å². The molecular formula is C13H17N5OS. The van der Waals surface area contributed by atoms with E-state index in [0.717, 1.165) is 29.8 Å². The molecule has 0 bridgehead atoms. The van der Waals surface area contributed by atoms with E-state index in [1.807, 2.05) is 17.9 Å². The number of aromatic nitrogens is 3. The number of thiazole rings is 1. The van der Waals surface area contributed by atoms with E-state index >= 15 is 0 Å². The average molecular weight is 291 g/mol. The highest BCUT2D eigenvalue weighted by Gasteiger charge is 2.25. The van der Waals surface area contributed by atoms with Crippen molar-refractivity contribution in [1.82, 2.24) is 20.1 Å². The molecule has 3 N–H and O–H groups in total. The highest BCUT2D eigenvalue weighted by Crippen LogP contribution is 2.29. The predicted octanol–water partition coefficient (Wildman–Crippen LogP) is 1.14. The Bertz CT molecular complexity index is 632. The Morgan fingerprint density at radius 3 is 3.25 bits per heavy atom. The van der Waals surface area contributed by atoms with Gasteiger partial charge in [-0.2, -0.15) is 5.10 Å². The van der Waals surface area contributed by atoms with Gasteiger partial charge in [-0.15, -0.1) is 11.3 Å². The van der Waals surface area contributed by atoms with E-state index in [-0.39, 0.29) is 11.9 Å². The maximum atomic E-state index is 12.2. The number of hydrogen-bond acceptors (Lipinski definition) is 5. The average Bonchev–Trinajstić information content (AvgIpc) is 3.07. The summed E-state index contributed by atoms with van der Waals surface area (Å²) < 4.78 is 1.89. The fourth-order valence-corrected chi connectivity index (χ4v) is 3.25. The van der Waals surface area contributed by atoms with Crippen LogP contribution in [0.3, 0.4) is 0 Å². The molecule has 106 valence electrons. The van der Waals surface area contributed by atoms with Crippen molar-refractivity contribution in [3.05, 3.63) is 33.5 Å². The lowest BCUT2D eigenvalue weighted by molar-refractivity contribution is 0.0928. The molecule has 0 fully saturated rings. The molecule has 1 aliphatic carbocycles. The van der Waals surface area contributed by atoms with E-state index in [4.69, 9.17) is 5.73 Å². The first-order valence-electron chi connectivity index (χ1n) is 6.65. The number of carbonyl (C=O) groups excluding carboxylic acids is 1. The summed E-state index contributed by atoms with van der Waals surface area (Å²) >= 11 is 1.42. The summed E-state index contributed by atoms with van der Waals surface area (Å²) in [5.41, 5.74) is 8.31. The minimum absolute atomic E-state index is 0.0305. The zero-order valence-electron chi connectivity index (χ0n) is 11.3. The predicted molar refractivity (Wildman–Crippen MR) is 76.4 cm³/mol. The number of rotatable bonds is 3. The zero-order chi connectivity index (χ0) is 14.1. The molecule has 2 heterocycles. The first kappa shape index (κ1) is 13.3. The maximum absolute atomic E-state index is 12.2. The summed E-state index contributed by atoms with van der Waals surface area (Å²) in [6, 6.07) is 0.0305. The SMILES string of the molecule is Cn1ncc2c1CCCC2NC(=O)c1csc(CN)n1. The van der Waals surface area contributed by atoms with Crippen LogP contribution in [-0.4, -0.2) is 20.7 Å². The van der Waals surface area contributed by atoms with Gasteiger partial charge in [0.2, 0.25) is 0 Å². The number of amides is 1. The van der Waals surface area contributed by atoms with Crippen LogP contribution in [0.4, 0.5) is 0 Å². The fraction of sp³-hybridized carbons (Fsp3) is 0.462. The largest absolute Gasteiger partial charge is 0.344 e. The second-order valence-corrected chi connectivity index (χ2v) is 5.86. The Balaban J connectivity index is 1.77. The van der Waals surface area contributed by atoms with Gasteiger partial charge in [0.05, 0.1) is 12.2 Å². The molecule has 0 spiro atoms. The minimum atomic E-state index is -0.136. The third-order valence-electron chi connectivity index (χ3n) is 3.64. The lowest BCUT2D eigenvalue weighted by Gasteiger charge is -2.23. The molecule has 0 aromatic carbocycles. The van der Waals surface area contributed by atoms with E-state index in [1.165, 1.54) is 17.0 Å². The molecule has 1 atom stereocenters. The Morgan fingerprint density at radius 2 is 2.50 bits per heavy atom. The van der Waals surface area contributed by atoms with Crippen LogP contribution in [0.2, 0.25) is 0 Å². The fourth-order valence-electron chi connectivity index (χ4n) is 2.60. The van der Waals surface area contributed by atoms with Crippen LogP contribution in [-0.2, 0) is 20.0 Å². The Hall–Kier alpha value is -1.73.